The van der Waals surface area contributed by atoms with Gasteiger partial charge in [-0.1, -0.05) is 18.2 Å². The van der Waals surface area contributed by atoms with Crippen LogP contribution in [-0.4, -0.2) is 43.4 Å². The maximum Gasteiger partial charge on any atom is 0.262 e. The van der Waals surface area contributed by atoms with Crippen LogP contribution in [0.3, 0.4) is 0 Å². The second kappa shape index (κ2) is 9.31. The van der Waals surface area contributed by atoms with E-state index < -0.39 is 15.8 Å². The highest BCUT2D eigenvalue weighted by molar-refractivity contribution is 7.92. The van der Waals surface area contributed by atoms with Crippen molar-refractivity contribution >= 4 is 27.6 Å². The Morgan fingerprint density at radius 3 is 2.62 bits per heavy atom. The normalized spacial score (nSPS) is 16.4. The number of nitrogens with zero attached hydrogens (tertiary/aromatic N) is 3. The molecule has 0 spiro atoms. The SMILES string of the molecule is O=C(NC1CCCN(c2ncccn2)C1)c1cccc(S(=O)(=O)Nc2ccccc2F)c1. The Kier molecular flexibility index (Phi) is 6.31. The number of aromatic nitrogens is 2. The molecular formula is C22H22FN5O3S. The minimum atomic E-state index is -4.06. The molecular weight excluding hydrogens is 433 g/mol. The van der Waals surface area contributed by atoms with Crippen LogP contribution < -0.4 is 14.9 Å². The van der Waals surface area contributed by atoms with E-state index in [0.717, 1.165) is 25.5 Å². The first kappa shape index (κ1) is 21.7. The minimum absolute atomic E-state index is 0.128. The molecule has 1 aliphatic rings. The summed E-state index contributed by atoms with van der Waals surface area (Å²) in [6.07, 6.45) is 5.00. The van der Waals surface area contributed by atoms with Gasteiger partial charge in [-0.3, -0.25) is 9.52 Å². The van der Waals surface area contributed by atoms with Gasteiger partial charge in [0.05, 0.1) is 10.6 Å². The molecule has 1 amide bonds. The molecule has 0 saturated carbocycles. The van der Waals surface area contributed by atoms with Gasteiger partial charge < -0.3 is 10.2 Å². The summed E-state index contributed by atoms with van der Waals surface area (Å²) in [4.78, 5) is 23.2. The molecule has 2 heterocycles. The van der Waals surface area contributed by atoms with Crippen molar-refractivity contribution in [2.75, 3.05) is 22.7 Å². The van der Waals surface area contributed by atoms with E-state index in [1.807, 2.05) is 4.90 Å². The summed E-state index contributed by atoms with van der Waals surface area (Å²) in [5, 5.41) is 2.96. The van der Waals surface area contributed by atoms with Crippen molar-refractivity contribution < 1.29 is 17.6 Å². The molecule has 1 unspecified atom stereocenters. The first-order chi connectivity index (χ1) is 15.4. The number of rotatable bonds is 6. The Labute approximate surface area is 185 Å². The molecule has 0 bridgehead atoms. The van der Waals surface area contributed by atoms with E-state index >= 15 is 0 Å². The number of sulfonamides is 1. The number of amides is 1. The second-order valence-electron chi connectivity index (χ2n) is 7.42. The van der Waals surface area contributed by atoms with E-state index in [4.69, 9.17) is 0 Å². The summed E-state index contributed by atoms with van der Waals surface area (Å²) in [6, 6.07) is 12.8. The predicted octanol–water partition coefficient (Wildman–Crippen LogP) is 2.82. The number of hydrogen-bond donors (Lipinski definition) is 2. The van der Waals surface area contributed by atoms with Crippen LogP contribution in [0.2, 0.25) is 0 Å². The van der Waals surface area contributed by atoms with Gasteiger partial charge >= 0.3 is 0 Å². The Balaban J connectivity index is 1.46. The minimum Gasteiger partial charge on any atom is -0.348 e. The van der Waals surface area contributed by atoms with Gasteiger partial charge in [-0.2, -0.15) is 0 Å². The molecule has 3 aromatic rings. The highest BCUT2D eigenvalue weighted by Gasteiger charge is 2.24. The zero-order valence-corrected chi connectivity index (χ0v) is 17.9. The Bertz CT molecular complexity index is 1210. The van der Waals surface area contributed by atoms with E-state index in [1.165, 1.54) is 36.4 Å². The summed E-state index contributed by atoms with van der Waals surface area (Å²) >= 11 is 0. The summed E-state index contributed by atoms with van der Waals surface area (Å²) < 4.78 is 41.5. The number of hydrogen-bond acceptors (Lipinski definition) is 6. The number of halogens is 1. The van der Waals surface area contributed by atoms with Crippen LogP contribution in [0, 0.1) is 5.82 Å². The number of anilines is 2. The molecule has 8 nitrogen and oxygen atoms in total. The molecule has 10 heteroatoms. The van der Waals surface area contributed by atoms with Crippen molar-refractivity contribution in [1.82, 2.24) is 15.3 Å². The second-order valence-corrected chi connectivity index (χ2v) is 9.10. The zero-order valence-electron chi connectivity index (χ0n) is 17.1. The first-order valence-electron chi connectivity index (χ1n) is 10.1. The lowest BCUT2D eigenvalue weighted by Crippen LogP contribution is -2.48. The van der Waals surface area contributed by atoms with Gasteiger partial charge in [-0.05, 0) is 49.2 Å². The van der Waals surface area contributed by atoms with Crippen LogP contribution in [0.4, 0.5) is 16.0 Å². The maximum absolute atomic E-state index is 13.9. The van der Waals surface area contributed by atoms with Crippen molar-refractivity contribution in [1.29, 1.82) is 0 Å². The van der Waals surface area contributed by atoms with Crippen molar-refractivity contribution in [3.63, 3.8) is 0 Å². The Hall–Kier alpha value is -3.53. The molecule has 166 valence electrons. The molecule has 4 rings (SSSR count). The van der Waals surface area contributed by atoms with Crippen LogP contribution >= 0.6 is 0 Å². The fourth-order valence-electron chi connectivity index (χ4n) is 3.55. The third-order valence-corrected chi connectivity index (χ3v) is 6.48. The monoisotopic (exact) mass is 455 g/mol. The number of benzene rings is 2. The van der Waals surface area contributed by atoms with Gasteiger partial charge in [0.25, 0.3) is 15.9 Å². The zero-order chi connectivity index (χ0) is 22.6. The number of nitrogens with one attached hydrogen (secondary N) is 2. The van der Waals surface area contributed by atoms with E-state index in [0.29, 0.717) is 12.5 Å². The van der Waals surface area contributed by atoms with Gasteiger partial charge in [0.1, 0.15) is 5.82 Å². The van der Waals surface area contributed by atoms with E-state index in [-0.39, 0.29) is 28.1 Å². The molecule has 0 radical (unpaired) electrons. The lowest BCUT2D eigenvalue weighted by atomic mass is 10.1. The fourth-order valence-corrected chi connectivity index (χ4v) is 4.66. The number of carbonyl (C=O) groups excluding carboxylic acids is 1. The third-order valence-electron chi connectivity index (χ3n) is 5.12. The molecule has 2 N–H and O–H groups in total. The van der Waals surface area contributed by atoms with Gasteiger partial charge in [-0.15, -0.1) is 0 Å². The molecule has 32 heavy (non-hydrogen) atoms. The maximum atomic E-state index is 13.9. The Morgan fingerprint density at radius 1 is 1.06 bits per heavy atom. The first-order valence-corrected chi connectivity index (χ1v) is 11.6. The smallest absolute Gasteiger partial charge is 0.262 e. The van der Waals surface area contributed by atoms with Crippen LogP contribution in [-0.2, 0) is 10.0 Å². The van der Waals surface area contributed by atoms with Gasteiger partial charge in [-0.25, -0.2) is 22.8 Å². The van der Waals surface area contributed by atoms with E-state index in [9.17, 15) is 17.6 Å². The van der Waals surface area contributed by atoms with Crippen molar-refractivity contribution in [3.8, 4) is 0 Å². The summed E-state index contributed by atoms with van der Waals surface area (Å²) in [5.74, 6) is -0.457. The van der Waals surface area contributed by atoms with Gasteiger partial charge in [0.15, 0.2) is 0 Å². The molecule has 1 atom stereocenters. The average molecular weight is 456 g/mol. The largest absolute Gasteiger partial charge is 0.348 e. The fraction of sp³-hybridized carbons (Fsp3) is 0.227. The van der Waals surface area contributed by atoms with Crippen LogP contribution in [0.15, 0.2) is 71.9 Å². The number of carbonyl (C=O) groups is 1. The molecule has 2 aromatic carbocycles. The number of para-hydroxylation sites is 1. The van der Waals surface area contributed by atoms with Crippen molar-refractivity contribution in [2.45, 2.75) is 23.8 Å². The molecule has 1 aromatic heterocycles. The molecule has 1 saturated heterocycles. The van der Waals surface area contributed by atoms with Crippen LogP contribution in [0.25, 0.3) is 0 Å². The van der Waals surface area contributed by atoms with Crippen LogP contribution in [0.1, 0.15) is 23.2 Å². The lowest BCUT2D eigenvalue weighted by Gasteiger charge is -2.33. The molecule has 1 aliphatic heterocycles. The Morgan fingerprint density at radius 2 is 1.84 bits per heavy atom. The number of piperidine rings is 1. The van der Waals surface area contributed by atoms with Gasteiger partial charge in [0.2, 0.25) is 5.95 Å². The van der Waals surface area contributed by atoms with E-state index in [2.05, 4.69) is 20.0 Å². The van der Waals surface area contributed by atoms with Crippen molar-refractivity contribution in [2.24, 2.45) is 0 Å². The van der Waals surface area contributed by atoms with E-state index in [1.54, 1.807) is 24.5 Å². The predicted molar refractivity (Wildman–Crippen MR) is 118 cm³/mol. The third kappa shape index (κ3) is 5.02. The summed E-state index contributed by atoms with van der Waals surface area (Å²) in [7, 11) is -4.06. The molecule has 1 fully saturated rings. The highest BCUT2D eigenvalue weighted by atomic mass is 32.2. The highest BCUT2D eigenvalue weighted by Crippen LogP contribution is 2.20. The molecule has 0 aliphatic carbocycles. The standard InChI is InChI=1S/C22H22FN5O3S/c23-19-9-1-2-10-20(19)27-32(30,31)18-8-3-6-16(14-18)21(29)26-17-7-4-13-28(15-17)22-24-11-5-12-25-22/h1-3,5-6,8-12,14,17,27H,4,7,13,15H2,(H,26,29). The summed E-state index contributed by atoms with van der Waals surface area (Å²) in [5.41, 5.74) is 0.0438. The average Bonchev–Trinajstić information content (AvgIpc) is 2.81. The quantitative estimate of drug-likeness (QED) is 0.592. The van der Waals surface area contributed by atoms with Gasteiger partial charge in [0, 0.05) is 37.1 Å². The van der Waals surface area contributed by atoms with Crippen molar-refractivity contribution in [3.05, 3.63) is 78.4 Å². The van der Waals surface area contributed by atoms with Crippen LogP contribution in [0.5, 0.6) is 0 Å². The summed E-state index contributed by atoms with van der Waals surface area (Å²) in [6.45, 7) is 1.36. The lowest BCUT2D eigenvalue weighted by molar-refractivity contribution is 0.0933. The topological polar surface area (TPSA) is 104 Å².